The van der Waals surface area contributed by atoms with Crippen LogP contribution in [0.25, 0.3) is 0 Å². The third-order valence-corrected chi connectivity index (χ3v) is 9.07. The van der Waals surface area contributed by atoms with Crippen molar-refractivity contribution in [2.45, 2.75) is 56.7 Å². The number of carbonyl (C=O) groups is 1. The van der Waals surface area contributed by atoms with Crippen molar-refractivity contribution in [2.75, 3.05) is 0 Å². The number of furan rings is 1. The van der Waals surface area contributed by atoms with Crippen molar-refractivity contribution in [2.24, 2.45) is 16.7 Å². The second-order valence-corrected chi connectivity index (χ2v) is 11.0. The Morgan fingerprint density at radius 2 is 1.86 bits per heavy atom. The lowest BCUT2D eigenvalue weighted by atomic mass is 9.69. The van der Waals surface area contributed by atoms with E-state index in [0.29, 0.717) is 5.92 Å². The summed E-state index contributed by atoms with van der Waals surface area (Å²) in [6.07, 6.45) is 3.33. The minimum Gasteiger partial charge on any atom is -0.455 e. The van der Waals surface area contributed by atoms with Gasteiger partial charge in [-0.3, -0.25) is 4.79 Å². The fraction of sp³-hybridized carbons (Fsp3) is 0.500. The summed E-state index contributed by atoms with van der Waals surface area (Å²) in [4.78, 5) is 13.0. The van der Waals surface area contributed by atoms with Crippen molar-refractivity contribution in [3.8, 4) is 0 Å². The molecule has 0 spiro atoms. The van der Waals surface area contributed by atoms with Crippen LogP contribution >= 0.6 is 0 Å². The van der Waals surface area contributed by atoms with Crippen molar-refractivity contribution in [1.29, 1.82) is 0 Å². The molecule has 1 N–H and O–H groups in total. The number of sulfone groups is 1. The van der Waals surface area contributed by atoms with E-state index in [0.717, 1.165) is 12.8 Å². The van der Waals surface area contributed by atoms with E-state index in [1.54, 1.807) is 42.5 Å². The molecule has 1 aromatic carbocycles. The molecule has 2 aromatic rings. The molecule has 150 valence electrons. The molecule has 0 saturated heterocycles. The van der Waals surface area contributed by atoms with E-state index in [1.807, 2.05) is 0 Å². The highest BCUT2D eigenvalue weighted by molar-refractivity contribution is 7.90. The Kier molecular flexibility index (Phi) is 4.45. The first kappa shape index (κ1) is 19.2. The molecule has 0 radical (unpaired) electrons. The summed E-state index contributed by atoms with van der Waals surface area (Å²) in [6.45, 7) is 6.87. The lowest BCUT2D eigenvalue weighted by Crippen LogP contribution is -2.46. The largest absolute Gasteiger partial charge is 0.455 e. The Morgan fingerprint density at radius 3 is 2.46 bits per heavy atom. The maximum absolute atomic E-state index is 12.7. The quantitative estimate of drug-likeness (QED) is 0.815. The molecule has 4 rings (SSSR count). The van der Waals surface area contributed by atoms with Crippen LogP contribution in [0.4, 0.5) is 0 Å². The Bertz CT molecular complexity index is 993. The number of benzene rings is 1. The van der Waals surface area contributed by atoms with Crippen LogP contribution in [0.15, 0.2) is 51.8 Å². The van der Waals surface area contributed by atoms with Crippen LogP contribution in [-0.4, -0.2) is 20.4 Å². The molecule has 6 heteroatoms. The molecule has 2 aliphatic rings. The fourth-order valence-corrected chi connectivity index (χ4v) is 6.40. The molecule has 28 heavy (non-hydrogen) atoms. The predicted molar refractivity (Wildman–Crippen MR) is 107 cm³/mol. The minimum atomic E-state index is -3.51. The van der Waals surface area contributed by atoms with Crippen molar-refractivity contribution >= 4 is 15.7 Å². The van der Waals surface area contributed by atoms with Crippen molar-refractivity contribution in [3.63, 3.8) is 0 Å². The first-order valence-electron chi connectivity index (χ1n) is 9.81. The van der Waals surface area contributed by atoms with Crippen molar-refractivity contribution in [1.82, 2.24) is 5.32 Å². The van der Waals surface area contributed by atoms with Gasteiger partial charge in [0.05, 0.1) is 4.90 Å². The number of fused-ring (bicyclic) bond motifs is 2. The summed E-state index contributed by atoms with van der Waals surface area (Å²) in [6, 6.07) is 11.5. The summed E-state index contributed by atoms with van der Waals surface area (Å²) in [5, 5.41) is 3.15. The van der Waals surface area contributed by atoms with E-state index in [9.17, 15) is 13.2 Å². The van der Waals surface area contributed by atoms with Gasteiger partial charge in [-0.05, 0) is 60.3 Å². The lowest BCUT2D eigenvalue weighted by molar-refractivity contribution is 0.0799. The molecular formula is C22H27NO4S. The molecule has 2 bridgehead atoms. The third-order valence-electron chi connectivity index (χ3n) is 7.42. The van der Waals surface area contributed by atoms with E-state index in [4.69, 9.17) is 4.42 Å². The Hall–Kier alpha value is -2.08. The topological polar surface area (TPSA) is 76.4 Å². The zero-order valence-electron chi connectivity index (χ0n) is 16.6. The highest BCUT2D eigenvalue weighted by atomic mass is 32.2. The number of hydrogen-bond acceptors (Lipinski definition) is 4. The van der Waals surface area contributed by atoms with Gasteiger partial charge in [0.25, 0.3) is 5.91 Å². The molecule has 3 atom stereocenters. The number of amides is 1. The normalized spacial score (nSPS) is 28.4. The number of carbonyl (C=O) groups excluding carboxylic acids is 1. The molecular weight excluding hydrogens is 374 g/mol. The zero-order valence-corrected chi connectivity index (χ0v) is 17.4. The van der Waals surface area contributed by atoms with Gasteiger partial charge in [-0.1, -0.05) is 39.0 Å². The van der Waals surface area contributed by atoms with Crippen LogP contribution in [0.3, 0.4) is 0 Å². The summed E-state index contributed by atoms with van der Waals surface area (Å²) in [5.74, 6) is 0.542. The van der Waals surface area contributed by atoms with Gasteiger partial charge in [0.1, 0.15) is 11.5 Å². The standard InChI is InChI=1S/C22H27NO4S/c1-21(2)15-11-12-22(21,3)19(13-15)23-20(24)18-10-9-16(27-18)14-28(25,26)17-7-5-4-6-8-17/h4-10,15,19H,11-14H2,1-3H3,(H,23,24)/t15-,19+,22+/m1/s1. The summed E-state index contributed by atoms with van der Waals surface area (Å²) >= 11 is 0. The van der Waals surface area contributed by atoms with Crippen LogP contribution in [0.1, 0.15) is 56.3 Å². The van der Waals surface area contributed by atoms with E-state index in [1.165, 1.54) is 6.42 Å². The van der Waals surface area contributed by atoms with Crippen LogP contribution in [-0.2, 0) is 15.6 Å². The molecule has 5 nitrogen and oxygen atoms in total. The zero-order chi connectivity index (χ0) is 20.2. The SMILES string of the molecule is CC1(C)[C@@H]2CC[C@@]1(C)[C@@H](NC(=O)c1ccc(CS(=O)(=O)c3ccccc3)o1)C2. The maximum Gasteiger partial charge on any atom is 0.287 e. The average molecular weight is 402 g/mol. The summed E-state index contributed by atoms with van der Waals surface area (Å²) in [5.41, 5.74) is 0.294. The van der Waals surface area contributed by atoms with Crippen molar-refractivity contribution < 1.29 is 17.6 Å². The molecule has 1 amide bonds. The highest BCUT2D eigenvalue weighted by Gasteiger charge is 2.61. The van der Waals surface area contributed by atoms with Gasteiger partial charge in [0, 0.05) is 6.04 Å². The van der Waals surface area contributed by atoms with Crippen molar-refractivity contribution in [3.05, 3.63) is 54.0 Å². The molecule has 2 saturated carbocycles. The average Bonchev–Trinajstić information content (AvgIpc) is 3.25. The van der Waals surface area contributed by atoms with Gasteiger partial charge in [0.2, 0.25) is 0 Å². The second-order valence-electron chi connectivity index (χ2n) is 8.97. The van der Waals surface area contributed by atoms with E-state index in [-0.39, 0.29) is 44.9 Å². The van der Waals surface area contributed by atoms with Gasteiger partial charge in [0.15, 0.2) is 15.6 Å². The van der Waals surface area contributed by atoms with Crippen LogP contribution in [0.2, 0.25) is 0 Å². The third kappa shape index (κ3) is 2.98. The van der Waals surface area contributed by atoms with Gasteiger partial charge in [-0.2, -0.15) is 0 Å². The van der Waals surface area contributed by atoms with Gasteiger partial charge in [-0.15, -0.1) is 0 Å². The smallest absolute Gasteiger partial charge is 0.287 e. The Balaban J connectivity index is 1.46. The molecule has 2 aliphatic carbocycles. The number of hydrogen-bond donors (Lipinski definition) is 1. The summed E-state index contributed by atoms with van der Waals surface area (Å²) < 4.78 is 30.6. The Morgan fingerprint density at radius 1 is 1.14 bits per heavy atom. The molecule has 1 heterocycles. The predicted octanol–water partition coefficient (Wildman–Crippen LogP) is 4.20. The van der Waals surface area contributed by atoms with E-state index in [2.05, 4.69) is 26.1 Å². The minimum absolute atomic E-state index is 0.0827. The first-order chi connectivity index (χ1) is 13.1. The second kappa shape index (κ2) is 6.48. The number of nitrogens with one attached hydrogen (secondary N) is 1. The van der Waals surface area contributed by atoms with E-state index >= 15 is 0 Å². The summed E-state index contributed by atoms with van der Waals surface area (Å²) in [7, 11) is -3.51. The monoisotopic (exact) mass is 401 g/mol. The first-order valence-corrected chi connectivity index (χ1v) is 11.5. The van der Waals surface area contributed by atoms with Gasteiger partial charge in [-0.25, -0.2) is 8.42 Å². The fourth-order valence-electron chi connectivity index (χ4n) is 5.13. The Labute approximate surface area is 166 Å². The highest BCUT2D eigenvalue weighted by Crippen LogP contribution is 2.65. The lowest BCUT2D eigenvalue weighted by Gasteiger charge is -2.39. The molecule has 0 unspecified atom stereocenters. The molecule has 0 aliphatic heterocycles. The maximum atomic E-state index is 12.7. The number of rotatable bonds is 5. The van der Waals surface area contributed by atoms with Gasteiger partial charge < -0.3 is 9.73 Å². The van der Waals surface area contributed by atoms with Gasteiger partial charge >= 0.3 is 0 Å². The van der Waals surface area contributed by atoms with Crippen LogP contribution in [0, 0.1) is 16.7 Å². The van der Waals surface area contributed by atoms with Crippen LogP contribution in [0.5, 0.6) is 0 Å². The van der Waals surface area contributed by atoms with Crippen LogP contribution < -0.4 is 5.32 Å². The van der Waals surface area contributed by atoms with E-state index < -0.39 is 9.84 Å². The molecule has 1 aromatic heterocycles. The molecule has 2 fully saturated rings.